The van der Waals surface area contributed by atoms with Gasteiger partial charge in [-0.3, -0.25) is 10.1 Å². The van der Waals surface area contributed by atoms with Gasteiger partial charge in [0.2, 0.25) is 0 Å². The Bertz CT molecular complexity index is 582. The standard InChI is InChI=1S/C16H18N2O2/c1-13-9-10-15(12-16(13)18(19)20)17-11-5-8-14-6-3-2-4-7-14/h2-4,6-7,9-10,12,17H,5,8,11H2,1H3. The van der Waals surface area contributed by atoms with E-state index < -0.39 is 0 Å². The number of anilines is 1. The van der Waals surface area contributed by atoms with Crippen LogP contribution in [0.25, 0.3) is 0 Å². The molecule has 0 bridgehead atoms. The zero-order chi connectivity index (χ0) is 14.4. The van der Waals surface area contributed by atoms with Crippen LogP contribution < -0.4 is 5.32 Å². The van der Waals surface area contributed by atoms with Gasteiger partial charge in [-0.25, -0.2) is 0 Å². The summed E-state index contributed by atoms with van der Waals surface area (Å²) in [5.74, 6) is 0. The fraction of sp³-hybridized carbons (Fsp3) is 0.250. The van der Waals surface area contributed by atoms with Crippen LogP contribution in [0.3, 0.4) is 0 Å². The van der Waals surface area contributed by atoms with E-state index >= 15 is 0 Å². The van der Waals surface area contributed by atoms with Crippen LogP contribution in [-0.2, 0) is 6.42 Å². The number of aryl methyl sites for hydroxylation is 2. The molecule has 0 aromatic heterocycles. The molecule has 0 aliphatic rings. The number of hydrogen-bond donors (Lipinski definition) is 1. The Morgan fingerprint density at radius 2 is 1.90 bits per heavy atom. The molecular formula is C16H18N2O2. The molecule has 0 fully saturated rings. The minimum atomic E-state index is -0.343. The Balaban J connectivity index is 1.85. The van der Waals surface area contributed by atoms with Crippen molar-refractivity contribution in [3.05, 3.63) is 69.8 Å². The summed E-state index contributed by atoms with van der Waals surface area (Å²) in [6.45, 7) is 2.55. The number of nitrogens with zero attached hydrogens (tertiary/aromatic N) is 1. The third-order valence-corrected chi connectivity index (χ3v) is 3.22. The van der Waals surface area contributed by atoms with Gasteiger partial charge < -0.3 is 5.32 Å². The Kier molecular flexibility index (Phi) is 4.71. The first-order chi connectivity index (χ1) is 9.66. The van der Waals surface area contributed by atoms with Crippen molar-refractivity contribution in [1.29, 1.82) is 0 Å². The van der Waals surface area contributed by atoms with Crippen molar-refractivity contribution in [2.24, 2.45) is 0 Å². The molecule has 2 aromatic carbocycles. The van der Waals surface area contributed by atoms with Crippen LogP contribution in [0.15, 0.2) is 48.5 Å². The van der Waals surface area contributed by atoms with Gasteiger partial charge in [-0.1, -0.05) is 36.4 Å². The number of benzene rings is 2. The lowest BCUT2D eigenvalue weighted by atomic mass is 10.1. The van der Waals surface area contributed by atoms with Gasteiger partial charge in [0.1, 0.15) is 0 Å². The van der Waals surface area contributed by atoms with Crippen LogP contribution in [0.1, 0.15) is 17.5 Å². The summed E-state index contributed by atoms with van der Waals surface area (Å²) >= 11 is 0. The summed E-state index contributed by atoms with van der Waals surface area (Å²) in [7, 11) is 0. The lowest BCUT2D eigenvalue weighted by Crippen LogP contribution is -2.03. The average molecular weight is 270 g/mol. The molecule has 0 spiro atoms. The Morgan fingerprint density at radius 3 is 2.60 bits per heavy atom. The number of nitro groups is 1. The molecule has 0 aliphatic carbocycles. The predicted molar refractivity (Wildman–Crippen MR) is 81.1 cm³/mol. The zero-order valence-electron chi connectivity index (χ0n) is 11.5. The quantitative estimate of drug-likeness (QED) is 0.491. The summed E-state index contributed by atoms with van der Waals surface area (Å²) in [6.07, 6.45) is 1.99. The highest BCUT2D eigenvalue weighted by Crippen LogP contribution is 2.22. The molecule has 20 heavy (non-hydrogen) atoms. The number of nitro benzene ring substituents is 1. The minimum absolute atomic E-state index is 0.165. The van der Waals surface area contributed by atoms with Crippen molar-refractivity contribution in [2.45, 2.75) is 19.8 Å². The van der Waals surface area contributed by atoms with Crippen LogP contribution in [0.2, 0.25) is 0 Å². The van der Waals surface area contributed by atoms with E-state index in [9.17, 15) is 10.1 Å². The van der Waals surface area contributed by atoms with Crippen LogP contribution in [0.4, 0.5) is 11.4 Å². The van der Waals surface area contributed by atoms with Gasteiger partial charge in [-0.05, 0) is 31.4 Å². The maximum Gasteiger partial charge on any atom is 0.274 e. The normalized spacial score (nSPS) is 10.2. The fourth-order valence-corrected chi connectivity index (χ4v) is 2.09. The van der Waals surface area contributed by atoms with E-state index in [2.05, 4.69) is 17.4 Å². The van der Waals surface area contributed by atoms with Gasteiger partial charge in [0, 0.05) is 23.9 Å². The van der Waals surface area contributed by atoms with Gasteiger partial charge in [-0.15, -0.1) is 0 Å². The van der Waals surface area contributed by atoms with Gasteiger partial charge in [-0.2, -0.15) is 0 Å². The number of hydrogen-bond acceptors (Lipinski definition) is 3. The third kappa shape index (κ3) is 3.82. The van der Waals surface area contributed by atoms with Crippen LogP contribution in [0, 0.1) is 17.0 Å². The molecule has 0 amide bonds. The highest BCUT2D eigenvalue weighted by molar-refractivity contribution is 5.54. The van der Waals surface area contributed by atoms with Crippen molar-refractivity contribution < 1.29 is 4.92 Å². The van der Waals surface area contributed by atoms with E-state index in [0.29, 0.717) is 5.56 Å². The van der Waals surface area contributed by atoms with E-state index in [4.69, 9.17) is 0 Å². The van der Waals surface area contributed by atoms with Gasteiger partial charge in [0.05, 0.1) is 4.92 Å². The van der Waals surface area contributed by atoms with Gasteiger partial charge in [0.25, 0.3) is 5.69 Å². The van der Waals surface area contributed by atoms with Crippen molar-refractivity contribution in [2.75, 3.05) is 11.9 Å². The Morgan fingerprint density at radius 1 is 1.15 bits per heavy atom. The Labute approximate surface area is 118 Å². The highest BCUT2D eigenvalue weighted by atomic mass is 16.6. The summed E-state index contributed by atoms with van der Waals surface area (Å²) in [6, 6.07) is 15.5. The topological polar surface area (TPSA) is 55.2 Å². The molecule has 0 saturated heterocycles. The SMILES string of the molecule is Cc1ccc(NCCCc2ccccc2)cc1[N+](=O)[O-]. The van der Waals surface area contributed by atoms with E-state index in [1.807, 2.05) is 24.3 Å². The van der Waals surface area contributed by atoms with Crippen molar-refractivity contribution in [1.82, 2.24) is 0 Å². The number of rotatable bonds is 6. The summed E-state index contributed by atoms with van der Waals surface area (Å²) in [5, 5.41) is 14.1. The average Bonchev–Trinajstić information content (AvgIpc) is 2.46. The van der Waals surface area contributed by atoms with Crippen LogP contribution in [0.5, 0.6) is 0 Å². The van der Waals surface area contributed by atoms with Crippen molar-refractivity contribution in [3.8, 4) is 0 Å². The first-order valence-electron chi connectivity index (χ1n) is 6.69. The molecule has 4 nitrogen and oxygen atoms in total. The molecule has 4 heteroatoms. The second kappa shape index (κ2) is 6.70. The zero-order valence-corrected chi connectivity index (χ0v) is 11.5. The highest BCUT2D eigenvalue weighted by Gasteiger charge is 2.10. The molecule has 0 aliphatic heterocycles. The lowest BCUT2D eigenvalue weighted by Gasteiger charge is -2.07. The minimum Gasteiger partial charge on any atom is -0.385 e. The molecule has 0 saturated carbocycles. The maximum atomic E-state index is 10.9. The summed E-state index contributed by atoms with van der Waals surface area (Å²) < 4.78 is 0. The lowest BCUT2D eigenvalue weighted by molar-refractivity contribution is -0.385. The molecule has 2 rings (SSSR count). The summed E-state index contributed by atoms with van der Waals surface area (Å²) in [5.41, 5.74) is 2.96. The molecule has 0 radical (unpaired) electrons. The summed E-state index contributed by atoms with van der Waals surface area (Å²) in [4.78, 5) is 10.5. The molecule has 0 heterocycles. The monoisotopic (exact) mass is 270 g/mol. The molecule has 0 unspecified atom stereocenters. The second-order valence-electron chi connectivity index (χ2n) is 4.77. The molecule has 2 aromatic rings. The smallest absolute Gasteiger partial charge is 0.274 e. The van der Waals surface area contributed by atoms with Crippen LogP contribution >= 0.6 is 0 Å². The first-order valence-corrected chi connectivity index (χ1v) is 6.69. The van der Waals surface area contributed by atoms with Crippen LogP contribution in [-0.4, -0.2) is 11.5 Å². The first kappa shape index (κ1) is 14.1. The van der Waals surface area contributed by atoms with E-state index in [1.165, 1.54) is 5.56 Å². The van der Waals surface area contributed by atoms with E-state index in [-0.39, 0.29) is 10.6 Å². The fourth-order valence-electron chi connectivity index (χ4n) is 2.09. The largest absolute Gasteiger partial charge is 0.385 e. The molecular weight excluding hydrogens is 252 g/mol. The van der Waals surface area contributed by atoms with Crippen molar-refractivity contribution in [3.63, 3.8) is 0 Å². The third-order valence-electron chi connectivity index (χ3n) is 3.22. The Hall–Kier alpha value is -2.36. The predicted octanol–water partition coefficient (Wildman–Crippen LogP) is 3.95. The molecule has 0 atom stereocenters. The van der Waals surface area contributed by atoms with E-state index in [0.717, 1.165) is 25.1 Å². The number of nitrogens with one attached hydrogen (secondary N) is 1. The molecule has 1 N–H and O–H groups in total. The second-order valence-corrected chi connectivity index (χ2v) is 4.77. The van der Waals surface area contributed by atoms with Gasteiger partial charge in [0.15, 0.2) is 0 Å². The van der Waals surface area contributed by atoms with E-state index in [1.54, 1.807) is 19.1 Å². The maximum absolute atomic E-state index is 10.9. The van der Waals surface area contributed by atoms with Crippen molar-refractivity contribution >= 4 is 11.4 Å². The molecule has 104 valence electrons. The van der Waals surface area contributed by atoms with Gasteiger partial charge >= 0.3 is 0 Å².